The first-order valence-electron chi connectivity index (χ1n) is 2.76. The summed E-state index contributed by atoms with van der Waals surface area (Å²) in [4.78, 5) is 0. The summed E-state index contributed by atoms with van der Waals surface area (Å²) in [7, 11) is 0. The maximum atomic E-state index is 5.07. The van der Waals surface area contributed by atoms with Crippen LogP contribution in [0.1, 0.15) is 5.56 Å². The normalized spacial score (nSPS) is 9.44. The third-order valence-corrected chi connectivity index (χ3v) is 1.64. The summed E-state index contributed by atoms with van der Waals surface area (Å²) in [6.45, 7) is 0.771. The van der Waals surface area contributed by atoms with Gasteiger partial charge >= 0.3 is 71.4 Å². The second-order valence-electron chi connectivity index (χ2n) is 1.77. The molecule has 45 valence electrons. The van der Waals surface area contributed by atoms with Gasteiger partial charge in [0.15, 0.2) is 0 Å². The van der Waals surface area contributed by atoms with Crippen molar-refractivity contribution in [3.8, 4) is 0 Å². The van der Waals surface area contributed by atoms with Crippen molar-refractivity contribution in [3.05, 3.63) is 35.9 Å². The Balaban J connectivity index is 2.61. The van der Waals surface area contributed by atoms with Crippen molar-refractivity contribution in [2.24, 2.45) is 0 Å². The Hall–Kier alpha value is 0.102. The van der Waals surface area contributed by atoms with E-state index in [0.717, 1.165) is 32.8 Å². The van der Waals surface area contributed by atoms with Gasteiger partial charge < -0.3 is 0 Å². The van der Waals surface area contributed by atoms with Gasteiger partial charge in [-0.3, -0.25) is 0 Å². The van der Waals surface area contributed by atoms with Crippen LogP contribution in [0.4, 0.5) is 0 Å². The molecule has 0 bridgehead atoms. The van der Waals surface area contributed by atoms with Gasteiger partial charge in [-0.2, -0.15) is 0 Å². The van der Waals surface area contributed by atoms with Crippen molar-refractivity contribution >= 4 is 26.2 Å². The van der Waals surface area contributed by atoms with Crippen molar-refractivity contribution in [1.82, 2.24) is 0 Å². The molecule has 0 spiro atoms. The molecule has 1 aromatic carbocycles. The molecular formula is C7H7OPb. The first-order chi connectivity index (χ1) is 4.43. The molecule has 3 radical (unpaired) electrons. The van der Waals surface area contributed by atoms with E-state index >= 15 is 0 Å². The average Bonchev–Trinajstić information content (AvgIpc) is 1.91. The second kappa shape index (κ2) is 4.00. The molecule has 0 amide bonds. The average molecular weight is 314 g/mol. The van der Waals surface area contributed by atoms with Crippen LogP contribution in [0.2, 0.25) is 0 Å². The summed E-state index contributed by atoms with van der Waals surface area (Å²) in [5.74, 6) is 0. The zero-order valence-electron chi connectivity index (χ0n) is 5.00. The summed E-state index contributed by atoms with van der Waals surface area (Å²) in [6.07, 6.45) is 0. The fourth-order valence-corrected chi connectivity index (χ4v) is 1.31. The molecule has 0 aliphatic carbocycles. The first kappa shape index (κ1) is 7.21. The van der Waals surface area contributed by atoms with E-state index in [0.29, 0.717) is 0 Å². The molecule has 0 saturated heterocycles. The molecule has 2 heteroatoms. The van der Waals surface area contributed by atoms with Crippen molar-refractivity contribution in [1.29, 1.82) is 0 Å². The Morgan fingerprint density at radius 3 is 2.44 bits per heavy atom. The third-order valence-electron chi connectivity index (χ3n) is 1.08. The van der Waals surface area contributed by atoms with Gasteiger partial charge in [-0.1, -0.05) is 0 Å². The number of benzene rings is 1. The molecule has 0 aromatic heterocycles. The molecule has 0 heterocycles. The molecule has 0 aliphatic rings. The zero-order valence-corrected chi connectivity index (χ0v) is 8.89. The molecule has 1 rings (SSSR count). The Morgan fingerprint density at radius 1 is 1.22 bits per heavy atom. The van der Waals surface area contributed by atoms with Crippen molar-refractivity contribution < 1.29 is 2.69 Å². The molecule has 0 N–H and O–H groups in total. The third kappa shape index (κ3) is 2.45. The molecule has 0 fully saturated rings. The van der Waals surface area contributed by atoms with Crippen LogP contribution >= 0.6 is 0 Å². The maximum absolute atomic E-state index is 5.07. The Bertz CT molecular complexity index is 162. The van der Waals surface area contributed by atoms with Crippen LogP contribution in [0.3, 0.4) is 0 Å². The topological polar surface area (TPSA) is 9.23 Å². The zero-order chi connectivity index (χ0) is 6.53. The Labute approximate surface area is 71.4 Å². The second-order valence-corrected chi connectivity index (χ2v) is 2.90. The van der Waals surface area contributed by atoms with Crippen LogP contribution in [0.25, 0.3) is 0 Å². The molecule has 0 unspecified atom stereocenters. The number of hydrogen-bond acceptors (Lipinski definition) is 1. The van der Waals surface area contributed by atoms with E-state index < -0.39 is 0 Å². The van der Waals surface area contributed by atoms with Crippen molar-refractivity contribution in [2.45, 2.75) is 6.61 Å². The summed E-state index contributed by atoms with van der Waals surface area (Å²) in [5.41, 5.74) is 1.26. The predicted octanol–water partition coefficient (Wildman–Crippen LogP) is 1.29. The van der Waals surface area contributed by atoms with Crippen LogP contribution in [0.5, 0.6) is 0 Å². The van der Waals surface area contributed by atoms with E-state index in [4.69, 9.17) is 2.69 Å². The molecule has 1 nitrogen and oxygen atoms in total. The standard InChI is InChI=1S/C7H7O.Pb/c8-6-7-4-2-1-3-5-7;/h1-5H,6H2;/q-1;+1. The van der Waals surface area contributed by atoms with E-state index in [2.05, 4.69) is 12.1 Å². The van der Waals surface area contributed by atoms with Crippen LogP contribution in [0.15, 0.2) is 30.3 Å². The Kier molecular flexibility index (Phi) is 3.21. The van der Waals surface area contributed by atoms with Crippen molar-refractivity contribution in [3.63, 3.8) is 0 Å². The summed E-state index contributed by atoms with van der Waals surface area (Å²) >= 11 is 0.824. The quantitative estimate of drug-likeness (QED) is 0.748. The van der Waals surface area contributed by atoms with Gasteiger partial charge in [-0.15, -0.1) is 0 Å². The van der Waals surface area contributed by atoms with Gasteiger partial charge in [-0.05, 0) is 0 Å². The fourth-order valence-electron chi connectivity index (χ4n) is 0.658. The van der Waals surface area contributed by atoms with Gasteiger partial charge in [-0.25, -0.2) is 0 Å². The van der Waals surface area contributed by atoms with Gasteiger partial charge in [0.1, 0.15) is 0 Å². The van der Waals surface area contributed by atoms with Crippen LogP contribution in [-0.4, -0.2) is 26.2 Å². The monoisotopic (exact) mass is 315 g/mol. The van der Waals surface area contributed by atoms with Gasteiger partial charge in [0.05, 0.1) is 0 Å². The summed E-state index contributed by atoms with van der Waals surface area (Å²) in [6, 6.07) is 10.2. The van der Waals surface area contributed by atoms with E-state index in [1.165, 1.54) is 5.56 Å². The molecule has 0 saturated carbocycles. The summed E-state index contributed by atoms with van der Waals surface area (Å²) < 4.78 is 5.07. The van der Waals surface area contributed by atoms with E-state index in [1.807, 2.05) is 18.2 Å². The van der Waals surface area contributed by atoms with E-state index in [-0.39, 0.29) is 0 Å². The van der Waals surface area contributed by atoms with E-state index in [9.17, 15) is 0 Å². The molecule has 0 aliphatic heterocycles. The predicted molar refractivity (Wildman–Crippen MR) is 37.0 cm³/mol. The van der Waals surface area contributed by atoms with Gasteiger partial charge in [0.25, 0.3) is 0 Å². The number of rotatable bonds is 2. The van der Waals surface area contributed by atoms with Crippen LogP contribution < -0.4 is 0 Å². The summed E-state index contributed by atoms with van der Waals surface area (Å²) in [5, 5.41) is 0. The SMILES string of the molecule is [Pb][O]Cc1ccccc1. The van der Waals surface area contributed by atoms with Gasteiger partial charge in [0, 0.05) is 0 Å². The Morgan fingerprint density at radius 2 is 1.89 bits per heavy atom. The minimum absolute atomic E-state index is 0.771. The number of hydrogen-bond donors (Lipinski definition) is 0. The fraction of sp³-hybridized carbons (Fsp3) is 0.143. The van der Waals surface area contributed by atoms with Gasteiger partial charge in [0.2, 0.25) is 0 Å². The minimum atomic E-state index is 0.771. The molecule has 0 atom stereocenters. The van der Waals surface area contributed by atoms with Crippen LogP contribution in [0, 0.1) is 0 Å². The molecular weight excluding hydrogens is 307 g/mol. The van der Waals surface area contributed by atoms with Crippen LogP contribution in [-0.2, 0) is 9.29 Å². The van der Waals surface area contributed by atoms with Crippen molar-refractivity contribution in [2.75, 3.05) is 0 Å². The molecule has 1 aromatic rings. The van der Waals surface area contributed by atoms with E-state index in [1.54, 1.807) is 0 Å². The first-order valence-corrected chi connectivity index (χ1v) is 4.34. The molecule has 9 heavy (non-hydrogen) atoms.